The SMILES string of the molecule is CSc1nn(Cc2nc(N)nc(N(C)C)n2)c(=O)[nH]1. The van der Waals surface area contributed by atoms with Crippen molar-refractivity contribution >= 4 is 23.7 Å². The third kappa shape index (κ3) is 3.02. The zero-order valence-electron chi connectivity index (χ0n) is 10.8. The first-order valence-corrected chi connectivity index (χ1v) is 6.61. The van der Waals surface area contributed by atoms with E-state index in [1.54, 1.807) is 19.0 Å². The van der Waals surface area contributed by atoms with Crippen molar-refractivity contribution < 1.29 is 0 Å². The van der Waals surface area contributed by atoms with E-state index in [1.807, 2.05) is 6.26 Å². The lowest BCUT2D eigenvalue weighted by molar-refractivity contribution is 0.617. The predicted molar refractivity (Wildman–Crippen MR) is 72.3 cm³/mol. The van der Waals surface area contributed by atoms with Gasteiger partial charge in [0.1, 0.15) is 6.54 Å². The van der Waals surface area contributed by atoms with Crippen molar-refractivity contribution in [3.05, 3.63) is 16.3 Å². The van der Waals surface area contributed by atoms with Gasteiger partial charge in [-0.3, -0.25) is 4.98 Å². The molecule has 0 radical (unpaired) electrons. The van der Waals surface area contributed by atoms with Gasteiger partial charge in [-0.05, 0) is 6.26 Å². The van der Waals surface area contributed by atoms with Crippen molar-refractivity contribution in [1.29, 1.82) is 0 Å². The zero-order valence-corrected chi connectivity index (χ0v) is 11.6. The molecule has 0 atom stereocenters. The van der Waals surface area contributed by atoms with E-state index in [1.165, 1.54) is 16.4 Å². The smallest absolute Gasteiger partial charge is 0.344 e. The van der Waals surface area contributed by atoms with Gasteiger partial charge >= 0.3 is 5.69 Å². The molecular formula is C9H14N8OS. The van der Waals surface area contributed by atoms with Crippen LogP contribution in [-0.4, -0.2) is 50.1 Å². The molecule has 10 heteroatoms. The molecule has 0 aliphatic heterocycles. The highest BCUT2D eigenvalue weighted by Crippen LogP contribution is 2.07. The van der Waals surface area contributed by atoms with Crippen molar-refractivity contribution in [1.82, 2.24) is 29.7 Å². The van der Waals surface area contributed by atoms with Crippen LogP contribution in [-0.2, 0) is 6.54 Å². The molecule has 0 fully saturated rings. The summed E-state index contributed by atoms with van der Waals surface area (Å²) < 4.78 is 1.25. The Hall–Kier alpha value is -2.10. The van der Waals surface area contributed by atoms with Gasteiger partial charge in [-0.2, -0.15) is 15.0 Å². The third-order valence-electron chi connectivity index (χ3n) is 2.23. The second kappa shape index (κ2) is 5.26. The molecule has 19 heavy (non-hydrogen) atoms. The lowest BCUT2D eigenvalue weighted by Crippen LogP contribution is -2.22. The highest BCUT2D eigenvalue weighted by atomic mass is 32.2. The predicted octanol–water partition coefficient (Wildman–Crippen LogP) is -0.825. The van der Waals surface area contributed by atoms with Gasteiger partial charge in [0, 0.05) is 14.1 Å². The molecule has 0 amide bonds. The van der Waals surface area contributed by atoms with Crippen LogP contribution in [0.2, 0.25) is 0 Å². The molecule has 0 aromatic carbocycles. The average molecular weight is 282 g/mol. The Labute approximate surface area is 113 Å². The van der Waals surface area contributed by atoms with E-state index < -0.39 is 0 Å². The van der Waals surface area contributed by atoms with E-state index in [9.17, 15) is 4.79 Å². The fourth-order valence-electron chi connectivity index (χ4n) is 1.36. The molecular weight excluding hydrogens is 268 g/mol. The summed E-state index contributed by atoms with van der Waals surface area (Å²) in [7, 11) is 3.59. The van der Waals surface area contributed by atoms with Crippen LogP contribution in [0.25, 0.3) is 0 Å². The maximum absolute atomic E-state index is 11.6. The molecule has 2 rings (SSSR count). The van der Waals surface area contributed by atoms with Gasteiger partial charge in [-0.1, -0.05) is 11.8 Å². The van der Waals surface area contributed by atoms with Gasteiger partial charge < -0.3 is 10.6 Å². The number of rotatable bonds is 4. The van der Waals surface area contributed by atoms with Crippen molar-refractivity contribution in [3.8, 4) is 0 Å². The van der Waals surface area contributed by atoms with Crippen molar-refractivity contribution in [3.63, 3.8) is 0 Å². The van der Waals surface area contributed by atoms with Crippen molar-refractivity contribution in [2.75, 3.05) is 31.0 Å². The molecule has 102 valence electrons. The van der Waals surface area contributed by atoms with E-state index in [-0.39, 0.29) is 18.2 Å². The standard InChI is InChI=1S/C9H14N8OS/c1-16(2)7-12-5(11-6(10)13-7)4-17-9(18)14-8(15-17)19-3/h4H2,1-3H3,(H,14,15,18)(H2,10,11,12,13). The monoisotopic (exact) mass is 282 g/mol. The summed E-state index contributed by atoms with van der Waals surface area (Å²) in [5.74, 6) is 0.941. The fourth-order valence-corrected chi connectivity index (χ4v) is 1.73. The molecule has 2 aromatic heterocycles. The van der Waals surface area contributed by atoms with Crippen LogP contribution in [0, 0.1) is 0 Å². The van der Waals surface area contributed by atoms with E-state index in [2.05, 4.69) is 25.0 Å². The van der Waals surface area contributed by atoms with Gasteiger partial charge in [0.25, 0.3) is 0 Å². The number of nitrogens with zero attached hydrogens (tertiary/aromatic N) is 6. The molecule has 0 aliphatic carbocycles. The van der Waals surface area contributed by atoms with Crippen molar-refractivity contribution in [2.24, 2.45) is 0 Å². The number of nitrogen functional groups attached to an aromatic ring is 1. The molecule has 3 N–H and O–H groups in total. The first kappa shape index (κ1) is 13.3. The Balaban J connectivity index is 2.32. The first-order valence-electron chi connectivity index (χ1n) is 5.38. The second-order valence-electron chi connectivity index (χ2n) is 3.90. The Bertz CT molecular complexity index is 633. The molecule has 0 spiro atoms. The summed E-state index contributed by atoms with van der Waals surface area (Å²) in [5, 5.41) is 4.63. The fraction of sp³-hybridized carbons (Fsp3) is 0.444. The number of nitrogens with two attached hydrogens (primary N) is 1. The van der Waals surface area contributed by atoms with Crippen LogP contribution in [0.1, 0.15) is 5.82 Å². The second-order valence-corrected chi connectivity index (χ2v) is 4.70. The number of nitrogens with one attached hydrogen (secondary N) is 1. The Kier molecular flexibility index (Phi) is 3.69. The summed E-state index contributed by atoms with van der Waals surface area (Å²) in [6.07, 6.45) is 1.83. The minimum Gasteiger partial charge on any atom is -0.368 e. The normalized spacial score (nSPS) is 10.7. The van der Waals surface area contributed by atoms with E-state index in [4.69, 9.17) is 5.73 Å². The Morgan fingerprint density at radius 2 is 2.11 bits per heavy atom. The van der Waals surface area contributed by atoms with Crippen LogP contribution < -0.4 is 16.3 Å². The topological polar surface area (TPSA) is 119 Å². The minimum atomic E-state index is -0.310. The quantitative estimate of drug-likeness (QED) is 0.698. The van der Waals surface area contributed by atoms with Gasteiger partial charge in [0.15, 0.2) is 11.0 Å². The van der Waals surface area contributed by atoms with Crippen LogP contribution in [0.15, 0.2) is 9.95 Å². The van der Waals surface area contributed by atoms with Gasteiger partial charge in [0.2, 0.25) is 11.9 Å². The molecule has 9 nitrogen and oxygen atoms in total. The van der Waals surface area contributed by atoms with E-state index >= 15 is 0 Å². The summed E-state index contributed by atoms with van der Waals surface area (Å²) in [6.45, 7) is 0.142. The molecule has 0 saturated heterocycles. The number of hydrogen-bond donors (Lipinski definition) is 2. The Morgan fingerprint density at radius 1 is 1.37 bits per heavy atom. The van der Waals surface area contributed by atoms with Gasteiger partial charge in [-0.25, -0.2) is 9.48 Å². The van der Waals surface area contributed by atoms with Crippen LogP contribution >= 0.6 is 11.8 Å². The molecule has 0 saturated carbocycles. The summed E-state index contributed by atoms with van der Waals surface area (Å²) in [6, 6.07) is 0. The lowest BCUT2D eigenvalue weighted by Gasteiger charge is -2.11. The number of anilines is 2. The highest BCUT2D eigenvalue weighted by molar-refractivity contribution is 7.98. The number of aromatic amines is 1. The molecule has 0 aliphatic rings. The van der Waals surface area contributed by atoms with Crippen LogP contribution in [0.5, 0.6) is 0 Å². The lowest BCUT2D eigenvalue weighted by atomic mass is 10.6. The van der Waals surface area contributed by atoms with Gasteiger partial charge in [0.05, 0.1) is 0 Å². The minimum absolute atomic E-state index is 0.113. The highest BCUT2D eigenvalue weighted by Gasteiger charge is 2.10. The Morgan fingerprint density at radius 3 is 2.68 bits per heavy atom. The van der Waals surface area contributed by atoms with Crippen molar-refractivity contribution in [2.45, 2.75) is 11.7 Å². The maximum Gasteiger partial charge on any atom is 0.344 e. The van der Waals surface area contributed by atoms with Crippen LogP contribution in [0.4, 0.5) is 11.9 Å². The largest absolute Gasteiger partial charge is 0.368 e. The number of H-pyrrole nitrogens is 1. The van der Waals surface area contributed by atoms with E-state index in [0.717, 1.165) is 0 Å². The molecule has 2 aromatic rings. The molecule has 0 bridgehead atoms. The van der Waals surface area contributed by atoms with Crippen LogP contribution in [0.3, 0.4) is 0 Å². The number of thioether (sulfide) groups is 1. The number of hydrogen-bond acceptors (Lipinski definition) is 8. The number of aromatic nitrogens is 6. The first-order chi connectivity index (χ1) is 8.99. The molecule has 2 heterocycles. The summed E-state index contributed by atoms with van der Waals surface area (Å²) in [5.41, 5.74) is 5.30. The zero-order chi connectivity index (χ0) is 14.0. The van der Waals surface area contributed by atoms with Gasteiger partial charge in [-0.15, -0.1) is 5.10 Å². The van der Waals surface area contributed by atoms with E-state index in [0.29, 0.717) is 16.9 Å². The maximum atomic E-state index is 11.6. The summed E-state index contributed by atoms with van der Waals surface area (Å²) in [4.78, 5) is 28.1. The average Bonchev–Trinajstić information content (AvgIpc) is 2.69. The third-order valence-corrected chi connectivity index (χ3v) is 2.80. The summed E-state index contributed by atoms with van der Waals surface area (Å²) >= 11 is 1.35. The molecule has 0 unspecified atom stereocenters.